The van der Waals surface area contributed by atoms with E-state index in [1.807, 2.05) is 6.08 Å². The summed E-state index contributed by atoms with van der Waals surface area (Å²) in [6, 6.07) is 0. The van der Waals surface area contributed by atoms with Crippen molar-refractivity contribution in [2.45, 2.75) is 57.5 Å². The van der Waals surface area contributed by atoms with Crippen molar-refractivity contribution in [3.05, 3.63) is 47.8 Å². The second-order valence-electron chi connectivity index (χ2n) is 8.00. The molecule has 4 rings (SSSR count). The van der Waals surface area contributed by atoms with Crippen LogP contribution in [0.15, 0.2) is 47.8 Å². The lowest BCUT2D eigenvalue weighted by Gasteiger charge is -2.48. The van der Waals surface area contributed by atoms with Crippen LogP contribution in [0.2, 0.25) is 0 Å². The van der Waals surface area contributed by atoms with Crippen LogP contribution in [0.25, 0.3) is 0 Å². The van der Waals surface area contributed by atoms with Crippen LogP contribution in [-0.2, 0) is 9.53 Å². The number of carbonyl (C=O) groups is 1. The van der Waals surface area contributed by atoms with Crippen LogP contribution in [0.1, 0.15) is 51.9 Å². The molecule has 0 radical (unpaired) electrons. The Balaban J connectivity index is 1.77. The lowest BCUT2D eigenvalue weighted by atomic mass is 9.58. The van der Waals surface area contributed by atoms with E-state index in [1.54, 1.807) is 6.26 Å². The van der Waals surface area contributed by atoms with Gasteiger partial charge in [0.1, 0.15) is 0 Å². The summed E-state index contributed by atoms with van der Waals surface area (Å²) in [5.41, 5.74) is 3.03. The van der Waals surface area contributed by atoms with Crippen molar-refractivity contribution in [2.24, 2.45) is 17.3 Å². The Morgan fingerprint density at radius 3 is 3.00 bits per heavy atom. The fraction of sp³-hybridized carbons (Fsp3) is 0.571. The van der Waals surface area contributed by atoms with Crippen LogP contribution in [0.5, 0.6) is 0 Å². The number of rotatable bonds is 2. The molecule has 24 heavy (non-hydrogen) atoms. The first-order valence-electron chi connectivity index (χ1n) is 9.13. The molecule has 0 aromatic carbocycles. The van der Waals surface area contributed by atoms with E-state index >= 15 is 0 Å². The second-order valence-corrected chi connectivity index (χ2v) is 8.00. The number of esters is 1. The molecule has 0 unspecified atom stereocenters. The summed E-state index contributed by atoms with van der Waals surface area (Å²) in [6.45, 7) is 6.06. The highest BCUT2D eigenvalue weighted by molar-refractivity contribution is 5.72. The number of allylic oxidation sites excluding steroid dienone is 4. The molecule has 0 aromatic heterocycles. The van der Waals surface area contributed by atoms with E-state index in [0.717, 1.165) is 32.1 Å². The lowest BCUT2D eigenvalue weighted by molar-refractivity contribution is -0.137. The highest BCUT2D eigenvalue weighted by Gasteiger charge is 2.58. The number of ether oxygens (including phenoxy) is 1. The van der Waals surface area contributed by atoms with Crippen molar-refractivity contribution in [3.63, 3.8) is 0 Å². The summed E-state index contributed by atoms with van der Waals surface area (Å²) >= 11 is 0. The van der Waals surface area contributed by atoms with E-state index in [4.69, 9.17) is 4.74 Å². The van der Waals surface area contributed by atoms with Crippen LogP contribution in [0.4, 0.5) is 0 Å². The monoisotopic (exact) mass is 326 g/mol. The first-order chi connectivity index (χ1) is 11.5. The average Bonchev–Trinajstić information content (AvgIpc) is 2.70. The third-order valence-corrected chi connectivity index (χ3v) is 6.99. The van der Waals surface area contributed by atoms with Crippen LogP contribution >= 0.6 is 0 Å². The molecule has 1 saturated carbocycles. The van der Waals surface area contributed by atoms with E-state index in [1.165, 1.54) is 16.7 Å². The molecule has 0 bridgehead atoms. The fourth-order valence-electron chi connectivity index (χ4n) is 5.56. The molecule has 0 saturated heterocycles. The van der Waals surface area contributed by atoms with Crippen LogP contribution in [0.3, 0.4) is 0 Å². The van der Waals surface area contributed by atoms with Gasteiger partial charge in [0.25, 0.3) is 0 Å². The van der Waals surface area contributed by atoms with Crippen LogP contribution in [-0.4, -0.2) is 16.7 Å². The normalized spacial score (nSPS) is 40.9. The number of hydrogen-bond donors (Lipinski definition) is 1. The Labute approximate surface area is 143 Å². The molecule has 4 aliphatic rings. The van der Waals surface area contributed by atoms with Crippen molar-refractivity contribution < 1.29 is 14.6 Å². The maximum atomic E-state index is 11.6. The summed E-state index contributed by atoms with van der Waals surface area (Å²) in [4.78, 5) is 11.6. The molecule has 0 amide bonds. The van der Waals surface area contributed by atoms with Gasteiger partial charge in [-0.25, -0.2) is 0 Å². The zero-order valence-electron chi connectivity index (χ0n) is 14.4. The Morgan fingerprint density at radius 1 is 1.38 bits per heavy atom. The first kappa shape index (κ1) is 15.9. The topological polar surface area (TPSA) is 46.5 Å². The molecule has 1 fully saturated rings. The Hall–Kier alpha value is -1.61. The fourth-order valence-corrected chi connectivity index (χ4v) is 5.56. The van der Waals surface area contributed by atoms with Gasteiger partial charge in [0.15, 0.2) is 0 Å². The molecule has 0 spiro atoms. The maximum Gasteiger partial charge on any atom is 0.310 e. The van der Waals surface area contributed by atoms with Crippen molar-refractivity contribution in [1.82, 2.24) is 0 Å². The average molecular weight is 326 g/mol. The third-order valence-electron chi connectivity index (χ3n) is 6.99. The molecule has 1 heterocycles. The van der Waals surface area contributed by atoms with Crippen molar-refractivity contribution in [2.75, 3.05) is 0 Å². The molecule has 4 atom stereocenters. The van der Waals surface area contributed by atoms with Gasteiger partial charge in [0, 0.05) is 11.8 Å². The van der Waals surface area contributed by atoms with Gasteiger partial charge in [-0.15, -0.1) is 6.58 Å². The number of cyclic esters (lactones) is 1. The quantitative estimate of drug-likeness (QED) is 0.611. The minimum atomic E-state index is -0.676. The van der Waals surface area contributed by atoms with E-state index in [-0.39, 0.29) is 11.4 Å². The Morgan fingerprint density at radius 2 is 2.21 bits per heavy atom. The SMILES string of the molecule is C=CC[C@]1(O)CC[C@H]2[C@@H]3CCC4=COC(=O)CCC4=C3C=C[C@@]21C. The van der Waals surface area contributed by atoms with Gasteiger partial charge in [0.05, 0.1) is 11.9 Å². The zero-order valence-corrected chi connectivity index (χ0v) is 14.4. The summed E-state index contributed by atoms with van der Waals surface area (Å²) in [5, 5.41) is 11.2. The summed E-state index contributed by atoms with van der Waals surface area (Å²) in [5.74, 6) is 0.822. The van der Waals surface area contributed by atoms with E-state index in [2.05, 4.69) is 25.7 Å². The minimum Gasteiger partial charge on any atom is -0.434 e. The van der Waals surface area contributed by atoms with Gasteiger partial charge >= 0.3 is 5.97 Å². The first-order valence-corrected chi connectivity index (χ1v) is 9.13. The number of fused-ring (bicyclic) bond motifs is 4. The van der Waals surface area contributed by atoms with E-state index in [9.17, 15) is 9.90 Å². The Bertz CT molecular complexity index is 683. The molecular weight excluding hydrogens is 300 g/mol. The summed E-state index contributed by atoms with van der Waals surface area (Å²) in [6.07, 6.45) is 13.8. The highest BCUT2D eigenvalue weighted by atomic mass is 16.5. The molecule has 3 heteroatoms. The van der Waals surface area contributed by atoms with Gasteiger partial charge < -0.3 is 9.84 Å². The number of carbonyl (C=O) groups excluding carboxylic acids is 1. The maximum absolute atomic E-state index is 11.6. The summed E-state index contributed by atoms with van der Waals surface area (Å²) < 4.78 is 5.21. The van der Waals surface area contributed by atoms with Crippen molar-refractivity contribution in [3.8, 4) is 0 Å². The Kier molecular flexibility index (Phi) is 3.61. The second kappa shape index (κ2) is 5.45. The third kappa shape index (κ3) is 2.10. The predicted molar refractivity (Wildman–Crippen MR) is 92.9 cm³/mol. The zero-order chi connectivity index (χ0) is 16.9. The smallest absolute Gasteiger partial charge is 0.310 e. The number of hydrogen-bond acceptors (Lipinski definition) is 3. The molecular formula is C21H26O3. The predicted octanol–water partition coefficient (Wildman–Crippen LogP) is 4.21. The van der Waals surface area contributed by atoms with Crippen molar-refractivity contribution in [1.29, 1.82) is 0 Å². The van der Waals surface area contributed by atoms with Gasteiger partial charge in [-0.3, -0.25) is 4.79 Å². The molecule has 1 aliphatic heterocycles. The minimum absolute atomic E-state index is 0.132. The summed E-state index contributed by atoms with van der Waals surface area (Å²) in [7, 11) is 0. The highest BCUT2D eigenvalue weighted by Crippen LogP contribution is 2.61. The van der Waals surface area contributed by atoms with Gasteiger partial charge in [-0.05, 0) is 67.1 Å². The van der Waals surface area contributed by atoms with E-state index in [0.29, 0.717) is 24.7 Å². The van der Waals surface area contributed by atoms with Crippen molar-refractivity contribution >= 4 is 5.97 Å². The standard InChI is InChI=1S/C21H26O3/c1-3-10-21(23)12-9-18-17-5-4-14-13-24-19(22)7-6-15(14)16(17)8-11-20(18,21)2/h3,8,11,13,17-18,23H,1,4-7,9-10,12H2,2H3/t17-,18+,20+,21+/m1/s1. The molecule has 3 aliphatic carbocycles. The molecule has 0 aromatic rings. The largest absolute Gasteiger partial charge is 0.434 e. The molecule has 1 N–H and O–H groups in total. The van der Waals surface area contributed by atoms with Gasteiger partial charge in [0.2, 0.25) is 0 Å². The number of aliphatic hydroxyl groups is 1. The van der Waals surface area contributed by atoms with Crippen LogP contribution < -0.4 is 0 Å². The van der Waals surface area contributed by atoms with E-state index < -0.39 is 5.60 Å². The molecule has 3 nitrogen and oxygen atoms in total. The molecule has 128 valence electrons. The van der Waals surface area contributed by atoms with Gasteiger partial charge in [-0.1, -0.05) is 25.2 Å². The van der Waals surface area contributed by atoms with Crippen LogP contribution in [0, 0.1) is 17.3 Å². The lowest BCUT2D eigenvalue weighted by Crippen LogP contribution is -2.47. The van der Waals surface area contributed by atoms with Gasteiger partial charge in [-0.2, -0.15) is 0 Å².